The molecule has 0 N–H and O–H groups in total. The Morgan fingerprint density at radius 1 is 1.20 bits per heavy atom. The number of carbonyl (C=O) groups excluding carboxylic acids is 1. The molecule has 3 rings (SSSR count). The van der Waals surface area contributed by atoms with Gasteiger partial charge in [0, 0.05) is 12.6 Å². The molecule has 1 saturated carbocycles. The van der Waals surface area contributed by atoms with Crippen LogP contribution in [0.1, 0.15) is 24.0 Å². The van der Waals surface area contributed by atoms with Gasteiger partial charge >= 0.3 is 0 Å². The van der Waals surface area contributed by atoms with E-state index in [9.17, 15) is 4.79 Å². The van der Waals surface area contributed by atoms with E-state index >= 15 is 0 Å². The molecule has 5 heteroatoms. The molecule has 1 aliphatic carbocycles. The highest BCUT2D eigenvalue weighted by molar-refractivity contribution is 6.32. The van der Waals surface area contributed by atoms with Gasteiger partial charge in [0.2, 0.25) is 0 Å². The number of methoxy groups -OCH3 is 1. The van der Waals surface area contributed by atoms with Gasteiger partial charge in [-0.2, -0.15) is 0 Å². The quantitative estimate of drug-likeness (QED) is 0.742. The third-order valence-corrected chi connectivity index (χ3v) is 4.57. The summed E-state index contributed by atoms with van der Waals surface area (Å²) in [6.07, 6.45) is 2.10. The van der Waals surface area contributed by atoms with E-state index in [0.29, 0.717) is 23.4 Å². The number of nitrogens with zero attached hydrogens (tertiary/aromatic N) is 1. The van der Waals surface area contributed by atoms with Crippen LogP contribution in [-0.2, 0) is 11.3 Å². The van der Waals surface area contributed by atoms with Crippen molar-refractivity contribution in [2.75, 3.05) is 13.7 Å². The van der Waals surface area contributed by atoms with E-state index in [1.165, 1.54) is 0 Å². The predicted octanol–water partition coefficient (Wildman–Crippen LogP) is 4.23. The van der Waals surface area contributed by atoms with Crippen molar-refractivity contribution in [2.24, 2.45) is 0 Å². The molecule has 2 aromatic carbocycles. The lowest BCUT2D eigenvalue weighted by molar-refractivity contribution is -0.134. The molecular formula is C20H22ClNO3. The third kappa shape index (κ3) is 4.67. The Morgan fingerprint density at radius 3 is 2.56 bits per heavy atom. The van der Waals surface area contributed by atoms with E-state index in [1.54, 1.807) is 13.2 Å². The maximum Gasteiger partial charge on any atom is 0.261 e. The molecule has 0 radical (unpaired) electrons. The lowest BCUT2D eigenvalue weighted by Crippen LogP contribution is -2.36. The van der Waals surface area contributed by atoms with Crippen LogP contribution in [0.4, 0.5) is 0 Å². The van der Waals surface area contributed by atoms with E-state index in [0.717, 1.165) is 29.7 Å². The maximum absolute atomic E-state index is 12.7. The summed E-state index contributed by atoms with van der Waals surface area (Å²) in [5.74, 6) is 1.34. The van der Waals surface area contributed by atoms with Crippen molar-refractivity contribution in [2.45, 2.75) is 32.4 Å². The first-order valence-electron chi connectivity index (χ1n) is 8.38. The molecule has 0 bridgehead atoms. The number of amides is 1. The van der Waals surface area contributed by atoms with Crippen molar-refractivity contribution < 1.29 is 14.3 Å². The fourth-order valence-corrected chi connectivity index (χ4v) is 2.85. The highest BCUT2D eigenvalue weighted by atomic mass is 35.5. The molecule has 0 aliphatic heterocycles. The number of halogens is 1. The van der Waals surface area contributed by atoms with Crippen molar-refractivity contribution >= 4 is 17.5 Å². The van der Waals surface area contributed by atoms with Crippen LogP contribution in [0.3, 0.4) is 0 Å². The topological polar surface area (TPSA) is 38.8 Å². The average molecular weight is 360 g/mol. The molecular weight excluding hydrogens is 338 g/mol. The molecule has 4 nitrogen and oxygen atoms in total. The van der Waals surface area contributed by atoms with Gasteiger partial charge in [-0.15, -0.1) is 0 Å². The van der Waals surface area contributed by atoms with Gasteiger partial charge in [0.25, 0.3) is 5.91 Å². The maximum atomic E-state index is 12.7. The summed E-state index contributed by atoms with van der Waals surface area (Å²) in [7, 11) is 1.64. The molecule has 1 amide bonds. The van der Waals surface area contributed by atoms with Crippen molar-refractivity contribution in [3.63, 3.8) is 0 Å². The van der Waals surface area contributed by atoms with Crippen molar-refractivity contribution in [1.29, 1.82) is 0 Å². The molecule has 1 fully saturated rings. The van der Waals surface area contributed by atoms with Crippen LogP contribution < -0.4 is 9.47 Å². The van der Waals surface area contributed by atoms with Gasteiger partial charge in [-0.25, -0.2) is 0 Å². The minimum atomic E-state index is -0.0177. The van der Waals surface area contributed by atoms with Crippen molar-refractivity contribution in [1.82, 2.24) is 4.90 Å². The van der Waals surface area contributed by atoms with Crippen molar-refractivity contribution in [3.8, 4) is 11.5 Å². The number of rotatable bonds is 7. The molecule has 0 spiro atoms. The van der Waals surface area contributed by atoms with E-state index < -0.39 is 0 Å². The van der Waals surface area contributed by atoms with Crippen LogP contribution in [0.5, 0.6) is 11.5 Å². The Labute approximate surface area is 153 Å². The molecule has 0 heterocycles. The molecule has 132 valence electrons. The fraction of sp³-hybridized carbons (Fsp3) is 0.350. The number of ether oxygens (including phenoxy) is 2. The lowest BCUT2D eigenvalue weighted by Gasteiger charge is -2.23. The van der Waals surface area contributed by atoms with Gasteiger partial charge in [-0.05, 0) is 55.2 Å². The Kier molecular flexibility index (Phi) is 5.49. The van der Waals surface area contributed by atoms with Crippen LogP contribution in [0.2, 0.25) is 5.02 Å². The van der Waals surface area contributed by atoms with Crippen LogP contribution in [-0.4, -0.2) is 30.6 Å². The molecule has 25 heavy (non-hydrogen) atoms. The second-order valence-electron chi connectivity index (χ2n) is 6.32. The number of aryl methyl sites for hydroxylation is 1. The minimum Gasteiger partial charge on any atom is -0.497 e. The Bertz CT molecular complexity index is 741. The zero-order chi connectivity index (χ0) is 17.8. The van der Waals surface area contributed by atoms with E-state index in [2.05, 4.69) is 0 Å². The van der Waals surface area contributed by atoms with Crippen LogP contribution in [0.15, 0.2) is 42.5 Å². The molecule has 2 aromatic rings. The summed E-state index contributed by atoms with van der Waals surface area (Å²) in [6, 6.07) is 13.7. The highest BCUT2D eigenvalue weighted by Crippen LogP contribution is 2.30. The van der Waals surface area contributed by atoms with Crippen LogP contribution in [0.25, 0.3) is 0 Å². The first-order valence-corrected chi connectivity index (χ1v) is 8.76. The van der Waals surface area contributed by atoms with Crippen LogP contribution in [0, 0.1) is 6.92 Å². The van der Waals surface area contributed by atoms with Crippen LogP contribution >= 0.6 is 11.6 Å². The zero-order valence-corrected chi connectivity index (χ0v) is 15.3. The first-order chi connectivity index (χ1) is 12.1. The summed E-state index contributed by atoms with van der Waals surface area (Å²) >= 11 is 6.13. The lowest BCUT2D eigenvalue weighted by atomic mass is 10.2. The Balaban J connectivity index is 1.63. The Morgan fingerprint density at radius 2 is 1.92 bits per heavy atom. The number of hydrogen-bond acceptors (Lipinski definition) is 3. The molecule has 0 aromatic heterocycles. The highest BCUT2D eigenvalue weighted by Gasteiger charge is 2.32. The van der Waals surface area contributed by atoms with Gasteiger partial charge in [-0.1, -0.05) is 29.8 Å². The van der Waals surface area contributed by atoms with Gasteiger partial charge in [-0.3, -0.25) is 4.79 Å². The Hall–Kier alpha value is -2.20. The molecule has 1 aliphatic rings. The summed E-state index contributed by atoms with van der Waals surface area (Å²) in [6.45, 7) is 2.54. The smallest absolute Gasteiger partial charge is 0.261 e. The average Bonchev–Trinajstić information content (AvgIpc) is 3.45. The van der Waals surface area contributed by atoms with Gasteiger partial charge < -0.3 is 14.4 Å². The van der Waals surface area contributed by atoms with E-state index in [4.69, 9.17) is 21.1 Å². The summed E-state index contributed by atoms with van der Waals surface area (Å²) in [4.78, 5) is 14.5. The molecule has 0 saturated heterocycles. The standard InChI is InChI=1S/C20H22ClNO3/c1-14-3-10-18(21)19(11-14)25-13-20(23)22(16-6-7-16)12-15-4-8-17(24-2)9-5-15/h3-5,8-11,16H,6-7,12-13H2,1-2H3. The van der Waals surface area contributed by atoms with Crippen molar-refractivity contribution in [3.05, 3.63) is 58.6 Å². The summed E-state index contributed by atoms with van der Waals surface area (Å²) < 4.78 is 10.8. The molecule has 0 unspecified atom stereocenters. The van der Waals surface area contributed by atoms with E-state index in [1.807, 2.05) is 48.2 Å². The van der Waals surface area contributed by atoms with Gasteiger partial charge in [0.05, 0.1) is 12.1 Å². The monoisotopic (exact) mass is 359 g/mol. The predicted molar refractivity (Wildman–Crippen MR) is 98.3 cm³/mol. The number of benzene rings is 2. The zero-order valence-electron chi connectivity index (χ0n) is 14.5. The SMILES string of the molecule is COc1ccc(CN(C(=O)COc2cc(C)ccc2Cl)C2CC2)cc1. The molecule has 0 atom stereocenters. The van der Waals surface area contributed by atoms with Gasteiger partial charge in [0.1, 0.15) is 11.5 Å². The normalized spacial score (nSPS) is 13.4. The minimum absolute atomic E-state index is 0.00414. The van der Waals surface area contributed by atoms with Gasteiger partial charge in [0.15, 0.2) is 6.61 Å². The number of carbonyl (C=O) groups is 1. The van der Waals surface area contributed by atoms with E-state index in [-0.39, 0.29) is 12.5 Å². The summed E-state index contributed by atoms with van der Waals surface area (Å²) in [5.41, 5.74) is 2.12. The summed E-state index contributed by atoms with van der Waals surface area (Å²) in [5, 5.41) is 0.520. The second-order valence-corrected chi connectivity index (χ2v) is 6.73. The number of hydrogen-bond donors (Lipinski definition) is 0. The first kappa shape index (κ1) is 17.6. The third-order valence-electron chi connectivity index (χ3n) is 4.26. The second kappa shape index (κ2) is 7.79. The fourth-order valence-electron chi connectivity index (χ4n) is 2.68. The largest absolute Gasteiger partial charge is 0.497 e.